The van der Waals surface area contributed by atoms with Gasteiger partial charge in [-0.1, -0.05) is 6.42 Å². The monoisotopic (exact) mass is 258 g/mol. The summed E-state index contributed by atoms with van der Waals surface area (Å²) >= 11 is 0. The zero-order chi connectivity index (χ0) is 12.7. The van der Waals surface area contributed by atoms with E-state index in [9.17, 15) is 0 Å². The molecular formula is C16H22N2O. The Kier molecular flexibility index (Phi) is 2.87. The van der Waals surface area contributed by atoms with Gasteiger partial charge in [0.15, 0.2) is 0 Å². The van der Waals surface area contributed by atoms with Crippen LogP contribution in [0, 0.1) is 0 Å². The fraction of sp³-hybridized carbons (Fsp3) is 0.625. The van der Waals surface area contributed by atoms with Crippen LogP contribution in [-0.4, -0.2) is 36.7 Å². The van der Waals surface area contributed by atoms with Crippen molar-refractivity contribution < 1.29 is 4.74 Å². The molecule has 0 saturated carbocycles. The second-order valence-corrected chi connectivity index (χ2v) is 6.06. The molecule has 0 radical (unpaired) electrons. The van der Waals surface area contributed by atoms with E-state index < -0.39 is 0 Å². The topological polar surface area (TPSA) is 24.5 Å². The number of benzene rings is 1. The lowest BCUT2D eigenvalue weighted by atomic mass is 9.98. The van der Waals surface area contributed by atoms with Gasteiger partial charge in [0.25, 0.3) is 0 Å². The number of hydrogen-bond acceptors (Lipinski definition) is 3. The molecule has 3 heterocycles. The molecule has 0 bridgehead atoms. The predicted octanol–water partition coefficient (Wildman–Crippen LogP) is 2.66. The van der Waals surface area contributed by atoms with Crippen LogP contribution < -0.4 is 10.1 Å². The lowest BCUT2D eigenvalue weighted by molar-refractivity contribution is 0.193. The third-order valence-corrected chi connectivity index (χ3v) is 4.90. The SMILES string of the molecule is c1cc2c(cc1NC1CCN3CCCCC13)CCO2. The maximum atomic E-state index is 5.57. The quantitative estimate of drug-likeness (QED) is 0.882. The van der Waals surface area contributed by atoms with Crippen molar-refractivity contribution in [1.82, 2.24) is 4.90 Å². The Balaban J connectivity index is 1.49. The summed E-state index contributed by atoms with van der Waals surface area (Å²) in [5, 5.41) is 3.77. The molecule has 4 rings (SSSR count). The molecule has 102 valence electrons. The highest BCUT2D eigenvalue weighted by atomic mass is 16.5. The van der Waals surface area contributed by atoms with Gasteiger partial charge in [-0.2, -0.15) is 0 Å². The maximum absolute atomic E-state index is 5.57. The van der Waals surface area contributed by atoms with Crippen LogP contribution in [0.2, 0.25) is 0 Å². The summed E-state index contributed by atoms with van der Waals surface area (Å²) in [7, 11) is 0. The lowest BCUT2D eigenvalue weighted by Crippen LogP contribution is -2.41. The van der Waals surface area contributed by atoms with Crippen molar-refractivity contribution in [1.29, 1.82) is 0 Å². The number of nitrogens with zero attached hydrogens (tertiary/aromatic N) is 1. The average Bonchev–Trinajstić information content (AvgIpc) is 3.06. The summed E-state index contributed by atoms with van der Waals surface area (Å²) in [5.41, 5.74) is 2.64. The molecule has 1 aromatic rings. The summed E-state index contributed by atoms with van der Waals surface area (Å²) < 4.78 is 5.57. The van der Waals surface area contributed by atoms with Crippen molar-refractivity contribution >= 4 is 5.69 Å². The largest absolute Gasteiger partial charge is 0.493 e. The predicted molar refractivity (Wildman–Crippen MR) is 76.9 cm³/mol. The zero-order valence-corrected chi connectivity index (χ0v) is 11.4. The zero-order valence-electron chi connectivity index (χ0n) is 11.4. The van der Waals surface area contributed by atoms with E-state index in [1.54, 1.807) is 0 Å². The minimum atomic E-state index is 0.640. The highest BCUT2D eigenvalue weighted by Gasteiger charge is 2.35. The van der Waals surface area contributed by atoms with E-state index in [0.29, 0.717) is 6.04 Å². The van der Waals surface area contributed by atoms with Crippen molar-refractivity contribution in [3.05, 3.63) is 23.8 Å². The number of hydrogen-bond donors (Lipinski definition) is 1. The highest BCUT2D eigenvalue weighted by molar-refractivity contribution is 5.53. The first-order chi connectivity index (χ1) is 9.40. The molecule has 1 N–H and O–H groups in total. The van der Waals surface area contributed by atoms with Crippen molar-refractivity contribution in [2.24, 2.45) is 0 Å². The standard InChI is InChI=1S/C16H22N2O/c1-2-8-18-9-6-14(15(18)3-1)17-13-4-5-16-12(11-13)7-10-19-16/h4-5,11,14-15,17H,1-3,6-10H2. The summed E-state index contributed by atoms with van der Waals surface area (Å²) in [5.74, 6) is 1.08. The smallest absolute Gasteiger partial charge is 0.122 e. The van der Waals surface area contributed by atoms with Crippen LogP contribution in [0.4, 0.5) is 5.69 Å². The van der Waals surface area contributed by atoms with Gasteiger partial charge in [-0.15, -0.1) is 0 Å². The van der Waals surface area contributed by atoms with Crippen LogP contribution in [0.5, 0.6) is 5.75 Å². The molecule has 0 aliphatic carbocycles. The molecule has 0 spiro atoms. The van der Waals surface area contributed by atoms with E-state index >= 15 is 0 Å². The first-order valence-electron chi connectivity index (χ1n) is 7.66. The summed E-state index contributed by atoms with van der Waals surface area (Å²) in [6.07, 6.45) is 6.51. The van der Waals surface area contributed by atoms with E-state index in [1.807, 2.05) is 0 Å². The average molecular weight is 258 g/mol. The third-order valence-electron chi connectivity index (χ3n) is 4.90. The van der Waals surface area contributed by atoms with E-state index in [4.69, 9.17) is 4.74 Å². The van der Waals surface area contributed by atoms with Crippen LogP contribution >= 0.6 is 0 Å². The number of piperidine rings is 1. The minimum Gasteiger partial charge on any atom is -0.493 e. The fourth-order valence-corrected chi connectivity index (χ4v) is 3.91. The first-order valence-corrected chi connectivity index (χ1v) is 7.66. The van der Waals surface area contributed by atoms with Crippen molar-refractivity contribution in [3.63, 3.8) is 0 Å². The molecule has 0 aromatic heterocycles. The molecule has 0 amide bonds. The molecule has 2 unspecified atom stereocenters. The Morgan fingerprint density at radius 3 is 3.16 bits per heavy atom. The van der Waals surface area contributed by atoms with E-state index in [2.05, 4.69) is 28.4 Å². The van der Waals surface area contributed by atoms with Crippen LogP contribution in [-0.2, 0) is 6.42 Å². The molecule has 3 nitrogen and oxygen atoms in total. The molecular weight excluding hydrogens is 236 g/mol. The first kappa shape index (κ1) is 11.6. The molecule has 1 aromatic carbocycles. The minimum absolute atomic E-state index is 0.640. The van der Waals surface area contributed by atoms with Crippen LogP contribution in [0.1, 0.15) is 31.2 Å². The lowest BCUT2D eigenvalue weighted by Gasteiger charge is -2.33. The third kappa shape index (κ3) is 2.10. The Labute approximate surface area is 114 Å². The Morgan fingerprint density at radius 1 is 1.16 bits per heavy atom. The number of rotatable bonds is 2. The van der Waals surface area contributed by atoms with Gasteiger partial charge in [0.05, 0.1) is 6.61 Å². The van der Waals surface area contributed by atoms with Gasteiger partial charge in [-0.3, -0.25) is 4.90 Å². The van der Waals surface area contributed by atoms with E-state index in [0.717, 1.165) is 24.8 Å². The van der Waals surface area contributed by atoms with Crippen molar-refractivity contribution in [3.8, 4) is 5.75 Å². The number of fused-ring (bicyclic) bond motifs is 2. The van der Waals surface area contributed by atoms with Gasteiger partial charge in [0.2, 0.25) is 0 Å². The Morgan fingerprint density at radius 2 is 2.16 bits per heavy atom. The van der Waals surface area contributed by atoms with Gasteiger partial charge < -0.3 is 10.1 Å². The van der Waals surface area contributed by atoms with Crippen molar-refractivity contribution in [2.45, 2.75) is 44.2 Å². The molecule has 3 aliphatic heterocycles. The molecule has 3 heteroatoms. The molecule has 2 saturated heterocycles. The summed E-state index contributed by atoms with van der Waals surface area (Å²) in [6, 6.07) is 7.99. The van der Waals surface area contributed by atoms with Gasteiger partial charge in [-0.25, -0.2) is 0 Å². The number of nitrogens with one attached hydrogen (secondary N) is 1. The van der Waals surface area contributed by atoms with Crippen LogP contribution in [0.25, 0.3) is 0 Å². The fourth-order valence-electron chi connectivity index (χ4n) is 3.91. The summed E-state index contributed by atoms with van der Waals surface area (Å²) in [6.45, 7) is 3.43. The van der Waals surface area contributed by atoms with Gasteiger partial charge in [0, 0.05) is 30.7 Å². The second kappa shape index (κ2) is 4.71. The second-order valence-electron chi connectivity index (χ2n) is 6.06. The molecule has 2 atom stereocenters. The van der Waals surface area contributed by atoms with Crippen molar-refractivity contribution in [2.75, 3.05) is 25.0 Å². The molecule has 19 heavy (non-hydrogen) atoms. The van der Waals surface area contributed by atoms with Gasteiger partial charge in [0.1, 0.15) is 5.75 Å². The normalized spacial score (nSPS) is 29.7. The highest BCUT2D eigenvalue weighted by Crippen LogP contribution is 2.32. The summed E-state index contributed by atoms with van der Waals surface area (Å²) in [4.78, 5) is 2.68. The Hall–Kier alpha value is -1.22. The van der Waals surface area contributed by atoms with Gasteiger partial charge >= 0.3 is 0 Å². The Bertz CT molecular complexity index is 474. The molecule has 2 fully saturated rings. The van der Waals surface area contributed by atoms with E-state index in [-0.39, 0.29) is 0 Å². The molecule has 3 aliphatic rings. The number of anilines is 1. The number of ether oxygens (including phenoxy) is 1. The van der Waals surface area contributed by atoms with Crippen LogP contribution in [0.15, 0.2) is 18.2 Å². The van der Waals surface area contributed by atoms with Crippen LogP contribution in [0.3, 0.4) is 0 Å². The maximum Gasteiger partial charge on any atom is 0.122 e. The van der Waals surface area contributed by atoms with Gasteiger partial charge in [-0.05, 0) is 49.6 Å². The van der Waals surface area contributed by atoms with E-state index in [1.165, 1.54) is 50.0 Å².